The molecular weight excluding hydrogens is 310 g/mol. The van der Waals surface area contributed by atoms with Crippen LogP contribution in [0.25, 0.3) is 11.1 Å². The summed E-state index contributed by atoms with van der Waals surface area (Å²) in [5.41, 5.74) is 1.53. The van der Waals surface area contributed by atoms with Crippen LogP contribution in [0.2, 0.25) is 0 Å². The third kappa shape index (κ3) is 2.62. The molecule has 0 bridgehead atoms. The van der Waals surface area contributed by atoms with Crippen LogP contribution in [0.4, 0.5) is 16.6 Å². The molecule has 1 fully saturated rings. The molecule has 1 aromatic carbocycles. The second-order valence-electron chi connectivity index (χ2n) is 5.39. The van der Waals surface area contributed by atoms with Crippen LogP contribution < -0.4 is 10.2 Å². The van der Waals surface area contributed by atoms with E-state index in [2.05, 4.69) is 20.3 Å². The van der Waals surface area contributed by atoms with E-state index in [1.54, 1.807) is 12.3 Å². The first-order valence-electron chi connectivity index (χ1n) is 7.60. The van der Waals surface area contributed by atoms with Gasteiger partial charge in [-0.2, -0.15) is 4.98 Å². The lowest BCUT2D eigenvalue weighted by Crippen LogP contribution is -2.25. The van der Waals surface area contributed by atoms with E-state index < -0.39 is 6.09 Å². The number of rotatable bonds is 4. The van der Waals surface area contributed by atoms with Gasteiger partial charge in [0.15, 0.2) is 5.58 Å². The second kappa shape index (κ2) is 5.80. The topological polar surface area (TPSA) is 93.4 Å². The molecule has 1 aliphatic rings. The van der Waals surface area contributed by atoms with E-state index in [-0.39, 0.29) is 6.04 Å². The number of amides is 1. The monoisotopic (exact) mass is 325 g/mol. The van der Waals surface area contributed by atoms with E-state index in [4.69, 9.17) is 9.15 Å². The largest absolute Gasteiger partial charge is 0.447 e. The Labute approximate surface area is 137 Å². The highest BCUT2D eigenvalue weighted by Crippen LogP contribution is 2.23. The maximum Gasteiger partial charge on any atom is 0.415 e. The van der Waals surface area contributed by atoms with E-state index in [0.717, 1.165) is 11.1 Å². The Morgan fingerprint density at radius 3 is 2.92 bits per heavy atom. The van der Waals surface area contributed by atoms with Crippen molar-refractivity contribution < 1.29 is 13.9 Å². The molecule has 2 aromatic heterocycles. The molecule has 1 aliphatic heterocycles. The molecule has 0 radical (unpaired) electrons. The number of carbonyl (C=O) groups excluding carboxylic acids is 1. The molecule has 0 saturated carbocycles. The lowest BCUT2D eigenvalue weighted by Gasteiger charge is -2.14. The van der Waals surface area contributed by atoms with E-state index in [1.807, 2.05) is 31.2 Å². The van der Waals surface area contributed by atoms with Gasteiger partial charge in [0.05, 0.1) is 6.54 Å². The van der Waals surface area contributed by atoms with Crippen molar-refractivity contribution in [3.05, 3.63) is 42.4 Å². The number of benzene rings is 1. The van der Waals surface area contributed by atoms with Gasteiger partial charge >= 0.3 is 6.09 Å². The Balaban J connectivity index is 1.55. The fourth-order valence-corrected chi connectivity index (χ4v) is 2.50. The van der Waals surface area contributed by atoms with Crippen molar-refractivity contribution in [2.75, 3.05) is 23.4 Å². The summed E-state index contributed by atoms with van der Waals surface area (Å²) < 4.78 is 10.7. The Kier molecular flexibility index (Phi) is 3.49. The predicted molar refractivity (Wildman–Crippen MR) is 86.8 cm³/mol. The molecule has 1 amide bonds. The fraction of sp³-hybridized carbons (Fsp3) is 0.250. The van der Waals surface area contributed by atoms with Crippen LogP contribution in [-0.2, 0) is 4.74 Å². The zero-order valence-corrected chi connectivity index (χ0v) is 13.0. The molecular formula is C16H15N5O3. The summed E-state index contributed by atoms with van der Waals surface area (Å²) >= 11 is 0. The van der Waals surface area contributed by atoms with Gasteiger partial charge in [-0.3, -0.25) is 4.90 Å². The quantitative estimate of drug-likeness (QED) is 0.788. The summed E-state index contributed by atoms with van der Waals surface area (Å²) in [6.07, 6.45) is 1.20. The summed E-state index contributed by atoms with van der Waals surface area (Å²) in [6.45, 7) is 2.76. The molecule has 0 aliphatic carbocycles. The summed E-state index contributed by atoms with van der Waals surface area (Å²) in [5, 5.41) is 3.14. The van der Waals surface area contributed by atoms with Gasteiger partial charge in [-0.25, -0.2) is 14.8 Å². The highest BCUT2D eigenvalue weighted by atomic mass is 16.6. The van der Waals surface area contributed by atoms with Gasteiger partial charge < -0.3 is 14.5 Å². The van der Waals surface area contributed by atoms with Gasteiger partial charge in [-0.05, 0) is 25.1 Å². The highest BCUT2D eigenvalue weighted by Gasteiger charge is 2.25. The van der Waals surface area contributed by atoms with Crippen molar-refractivity contribution in [3.8, 4) is 0 Å². The second-order valence-corrected chi connectivity index (χ2v) is 5.39. The van der Waals surface area contributed by atoms with Crippen LogP contribution in [0, 0.1) is 0 Å². The maximum atomic E-state index is 11.6. The smallest absolute Gasteiger partial charge is 0.415 e. The third-order valence-corrected chi connectivity index (χ3v) is 3.70. The fourth-order valence-electron chi connectivity index (χ4n) is 2.50. The zero-order valence-electron chi connectivity index (χ0n) is 13.0. The van der Waals surface area contributed by atoms with Gasteiger partial charge in [0, 0.05) is 6.20 Å². The Hall–Kier alpha value is -3.16. The van der Waals surface area contributed by atoms with Crippen molar-refractivity contribution in [2.24, 2.45) is 0 Å². The lowest BCUT2D eigenvalue weighted by atomic mass is 10.3. The summed E-state index contributed by atoms with van der Waals surface area (Å²) in [6, 6.07) is 9.02. The number of anilines is 2. The average molecular weight is 325 g/mol. The van der Waals surface area contributed by atoms with Crippen molar-refractivity contribution in [2.45, 2.75) is 13.0 Å². The average Bonchev–Trinajstić information content (AvgIpc) is 3.21. The van der Waals surface area contributed by atoms with E-state index in [0.29, 0.717) is 30.8 Å². The molecule has 3 aromatic rings. The molecule has 1 atom stereocenters. The Morgan fingerprint density at radius 2 is 2.12 bits per heavy atom. The minimum absolute atomic E-state index is 0.224. The third-order valence-electron chi connectivity index (χ3n) is 3.70. The standard InChI is InChI=1S/C16H15N5O3/c1-10(14-19-11-4-2-3-5-12(11)24-14)18-15-17-7-6-13(20-15)21-8-9-23-16(21)22/h2-7,10H,8-9H2,1H3,(H,17,18,20). The number of aromatic nitrogens is 3. The minimum Gasteiger partial charge on any atom is -0.447 e. The molecule has 24 heavy (non-hydrogen) atoms. The van der Waals surface area contributed by atoms with Crippen molar-refractivity contribution in [1.29, 1.82) is 0 Å². The zero-order chi connectivity index (χ0) is 16.5. The Bertz CT molecular complexity index is 861. The number of carbonyl (C=O) groups is 1. The molecule has 8 heteroatoms. The molecule has 3 heterocycles. The highest BCUT2D eigenvalue weighted by molar-refractivity contribution is 5.88. The van der Waals surface area contributed by atoms with Gasteiger partial charge in [0.25, 0.3) is 0 Å². The first-order valence-corrected chi connectivity index (χ1v) is 7.60. The number of hydrogen-bond donors (Lipinski definition) is 1. The summed E-state index contributed by atoms with van der Waals surface area (Å²) in [5.74, 6) is 1.44. The summed E-state index contributed by atoms with van der Waals surface area (Å²) in [7, 11) is 0. The number of cyclic esters (lactones) is 1. The number of nitrogens with one attached hydrogen (secondary N) is 1. The van der Waals surface area contributed by atoms with Crippen LogP contribution in [-0.4, -0.2) is 34.2 Å². The lowest BCUT2D eigenvalue weighted by molar-refractivity contribution is 0.181. The molecule has 4 rings (SSSR count). The van der Waals surface area contributed by atoms with E-state index in [1.165, 1.54) is 4.90 Å². The van der Waals surface area contributed by atoms with E-state index in [9.17, 15) is 4.79 Å². The van der Waals surface area contributed by atoms with Crippen LogP contribution in [0.5, 0.6) is 0 Å². The van der Waals surface area contributed by atoms with Crippen LogP contribution >= 0.6 is 0 Å². The number of para-hydroxylation sites is 2. The molecule has 122 valence electrons. The number of fused-ring (bicyclic) bond motifs is 1. The van der Waals surface area contributed by atoms with Crippen LogP contribution in [0.15, 0.2) is 40.9 Å². The molecule has 1 saturated heterocycles. The molecule has 0 spiro atoms. The number of nitrogens with zero attached hydrogens (tertiary/aromatic N) is 4. The number of ether oxygens (including phenoxy) is 1. The van der Waals surface area contributed by atoms with Gasteiger partial charge in [0.1, 0.15) is 24.0 Å². The minimum atomic E-state index is -0.397. The first kappa shape index (κ1) is 14.4. The number of oxazole rings is 1. The van der Waals surface area contributed by atoms with Crippen molar-refractivity contribution in [3.63, 3.8) is 0 Å². The van der Waals surface area contributed by atoms with Gasteiger partial charge in [0.2, 0.25) is 11.8 Å². The summed E-state index contributed by atoms with van der Waals surface area (Å²) in [4.78, 5) is 26.1. The van der Waals surface area contributed by atoms with Gasteiger partial charge in [-0.1, -0.05) is 12.1 Å². The van der Waals surface area contributed by atoms with Gasteiger partial charge in [-0.15, -0.1) is 0 Å². The van der Waals surface area contributed by atoms with Crippen molar-refractivity contribution >= 4 is 29.0 Å². The van der Waals surface area contributed by atoms with E-state index >= 15 is 0 Å². The normalized spacial score (nSPS) is 15.5. The van der Waals surface area contributed by atoms with Crippen molar-refractivity contribution in [1.82, 2.24) is 15.0 Å². The number of hydrogen-bond acceptors (Lipinski definition) is 7. The maximum absolute atomic E-state index is 11.6. The van der Waals surface area contributed by atoms with Crippen LogP contribution in [0.3, 0.4) is 0 Å². The van der Waals surface area contributed by atoms with Crippen LogP contribution in [0.1, 0.15) is 18.9 Å². The molecule has 1 N–H and O–H groups in total. The molecule has 8 nitrogen and oxygen atoms in total. The molecule has 1 unspecified atom stereocenters. The Morgan fingerprint density at radius 1 is 1.25 bits per heavy atom. The first-order chi connectivity index (χ1) is 11.7. The SMILES string of the molecule is CC(Nc1nccc(N2CCOC2=O)n1)c1nc2ccccc2o1. The predicted octanol–water partition coefficient (Wildman–Crippen LogP) is 2.75.